The van der Waals surface area contributed by atoms with Gasteiger partial charge in [0.2, 0.25) is 0 Å². The van der Waals surface area contributed by atoms with Crippen LogP contribution < -0.4 is 10.6 Å². The second kappa shape index (κ2) is 6.17. The molecule has 1 unspecified atom stereocenters. The molecule has 1 aromatic carbocycles. The van der Waals surface area contributed by atoms with Crippen LogP contribution in [0.5, 0.6) is 0 Å². The molecule has 5 rings (SSSR count). The van der Waals surface area contributed by atoms with Crippen molar-refractivity contribution >= 4 is 11.7 Å². The minimum absolute atomic E-state index is 0.0744. The Kier molecular flexibility index (Phi) is 4.20. The van der Waals surface area contributed by atoms with Crippen LogP contribution in [0.1, 0.15) is 51.0 Å². The number of rotatable bonds is 3. The Labute approximate surface area is 151 Å². The minimum atomic E-state index is -4.37. The van der Waals surface area contributed by atoms with E-state index in [1.165, 1.54) is 50.7 Å². The molecule has 0 heterocycles. The summed E-state index contributed by atoms with van der Waals surface area (Å²) in [6.45, 7) is 2.08. The molecule has 4 fully saturated rings. The van der Waals surface area contributed by atoms with Gasteiger partial charge in [-0.05, 0) is 92.9 Å². The van der Waals surface area contributed by atoms with Gasteiger partial charge in [-0.1, -0.05) is 0 Å². The van der Waals surface area contributed by atoms with Gasteiger partial charge in [0.25, 0.3) is 0 Å². The van der Waals surface area contributed by atoms with E-state index < -0.39 is 11.7 Å². The first-order chi connectivity index (χ1) is 12.2. The SMILES string of the molecule is CC(NC(=O)Nc1ccc(C(F)(F)F)cc1)C12CC3CC(CC(C3)C1)C2. The first-order valence-corrected chi connectivity index (χ1v) is 9.48. The van der Waals surface area contributed by atoms with Crippen LogP contribution in [0, 0.1) is 23.2 Å². The number of halogens is 3. The number of urea groups is 1. The van der Waals surface area contributed by atoms with Gasteiger partial charge in [-0.15, -0.1) is 0 Å². The topological polar surface area (TPSA) is 41.1 Å². The van der Waals surface area contributed by atoms with E-state index >= 15 is 0 Å². The molecule has 4 aliphatic rings. The van der Waals surface area contributed by atoms with Crippen molar-refractivity contribution in [2.24, 2.45) is 23.2 Å². The second-order valence-electron chi connectivity index (χ2n) is 8.68. The first kappa shape index (κ1) is 17.7. The maximum Gasteiger partial charge on any atom is 0.416 e. The lowest BCUT2D eigenvalue weighted by Gasteiger charge is -2.59. The lowest BCUT2D eigenvalue weighted by Crippen LogP contribution is -2.56. The predicted molar refractivity (Wildman–Crippen MR) is 93.7 cm³/mol. The van der Waals surface area contributed by atoms with Gasteiger partial charge in [0, 0.05) is 11.7 Å². The van der Waals surface area contributed by atoms with E-state index in [2.05, 4.69) is 17.6 Å². The smallest absolute Gasteiger partial charge is 0.335 e. The highest BCUT2D eigenvalue weighted by Gasteiger charge is 2.53. The van der Waals surface area contributed by atoms with Crippen molar-refractivity contribution in [3.8, 4) is 0 Å². The van der Waals surface area contributed by atoms with Crippen molar-refractivity contribution < 1.29 is 18.0 Å². The lowest BCUT2D eigenvalue weighted by molar-refractivity contribution is -0.137. The quantitative estimate of drug-likeness (QED) is 0.736. The third kappa shape index (κ3) is 3.30. The third-order valence-corrected chi connectivity index (χ3v) is 6.82. The molecule has 4 aliphatic carbocycles. The summed E-state index contributed by atoms with van der Waals surface area (Å²) in [5.41, 5.74) is -0.148. The maximum absolute atomic E-state index is 12.6. The Balaban J connectivity index is 1.37. The molecule has 4 bridgehead atoms. The van der Waals surface area contributed by atoms with Gasteiger partial charge in [0.05, 0.1) is 5.56 Å². The summed E-state index contributed by atoms with van der Waals surface area (Å²) in [6.07, 6.45) is 3.27. The van der Waals surface area contributed by atoms with E-state index in [1.54, 1.807) is 0 Å². The van der Waals surface area contributed by atoms with Gasteiger partial charge in [-0.2, -0.15) is 13.2 Å². The molecule has 26 heavy (non-hydrogen) atoms. The van der Waals surface area contributed by atoms with Crippen LogP contribution in [0.15, 0.2) is 24.3 Å². The van der Waals surface area contributed by atoms with E-state index in [1.807, 2.05) is 0 Å². The zero-order valence-corrected chi connectivity index (χ0v) is 14.9. The summed E-state index contributed by atoms with van der Waals surface area (Å²) in [6, 6.07) is 4.28. The molecule has 6 heteroatoms. The number of carbonyl (C=O) groups is 1. The fourth-order valence-electron chi connectivity index (χ4n) is 5.97. The van der Waals surface area contributed by atoms with Gasteiger partial charge in [-0.3, -0.25) is 0 Å². The van der Waals surface area contributed by atoms with Crippen molar-refractivity contribution in [1.82, 2.24) is 5.32 Å². The summed E-state index contributed by atoms with van der Waals surface area (Å²) < 4.78 is 37.8. The van der Waals surface area contributed by atoms with Crippen LogP contribution in [0.4, 0.5) is 23.7 Å². The maximum atomic E-state index is 12.6. The Hall–Kier alpha value is -1.72. The summed E-state index contributed by atoms with van der Waals surface area (Å²) in [4.78, 5) is 12.4. The summed E-state index contributed by atoms with van der Waals surface area (Å²) in [5, 5.41) is 5.72. The van der Waals surface area contributed by atoms with Gasteiger partial charge < -0.3 is 10.6 Å². The number of hydrogen-bond acceptors (Lipinski definition) is 1. The second-order valence-corrected chi connectivity index (χ2v) is 8.68. The van der Waals surface area contributed by atoms with Crippen molar-refractivity contribution in [1.29, 1.82) is 0 Å². The molecule has 1 atom stereocenters. The number of anilines is 1. The monoisotopic (exact) mass is 366 g/mol. The van der Waals surface area contributed by atoms with E-state index in [9.17, 15) is 18.0 Å². The largest absolute Gasteiger partial charge is 0.416 e. The molecule has 2 N–H and O–H groups in total. The summed E-state index contributed by atoms with van der Waals surface area (Å²) >= 11 is 0. The average molecular weight is 366 g/mol. The fraction of sp³-hybridized carbons (Fsp3) is 0.650. The standard InChI is InChI=1S/C20H25F3N2O/c1-12(19-9-13-6-14(10-19)8-15(7-13)11-19)24-18(26)25-17-4-2-16(3-5-17)20(21,22)23/h2-5,12-15H,6-11H2,1H3,(H2,24,25,26). The predicted octanol–water partition coefficient (Wildman–Crippen LogP) is 5.43. The average Bonchev–Trinajstić information content (AvgIpc) is 2.53. The highest BCUT2D eigenvalue weighted by molar-refractivity contribution is 5.89. The molecule has 0 aromatic heterocycles. The van der Waals surface area contributed by atoms with Gasteiger partial charge >= 0.3 is 12.2 Å². The van der Waals surface area contributed by atoms with Gasteiger partial charge in [-0.25, -0.2) is 4.79 Å². The van der Waals surface area contributed by atoms with Crippen LogP contribution in [-0.4, -0.2) is 12.1 Å². The number of nitrogens with one attached hydrogen (secondary N) is 2. The molecule has 2 amide bonds. The Bertz CT molecular complexity index is 648. The first-order valence-electron chi connectivity index (χ1n) is 9.48. The summed E-state index contributed by atoms with van der Waals surface area (Å²) in [7, 11) is 0. The normalized spacial score (nSPS) is 33.8. The number of hydrogen-bond donors (Lipinski definition) is 2. The van der Waals surface area contributed by atoms with Crippen molar-refractivity contribution in [3.63, 3.8) is 0 Å². The molecule has 1 aromatic rings. The zero-order chi connectivity index (χ0) is 18.5. The van der Waals surface area contributed by atoms with E-state index in [-0.39, 0.29) is 17.5 Å². The molecule has 142 valence electrons. The highest BCUT2D eigenvalue weighted by atomic mass is 19.4. The van der Waals surface area contributed by atoms with Crippen LogP contribution in [0.2, 0.25) is 0 Å². The molecule has 0 saturated heterocycles. The molecule has 0 radical (unpaired) electrons. The fourth-order valence-corrected chi connectivity index (χ4v) is 5.97. The van der Waals surface area contributed by atoms with Crippen molar-refractivity contribution in [2.75, 3.05) is 5.32 Å². The van der Waals surface area contributed by atoms with E-state index in [0.29, 0.717) is 5.69 Å². The number of benzene rings is 1. The van der Waals surface area contributed by atoms with Crippen LogP contribution in [0.25, 0.3) is 0 Å². The third-order valence-electron chi connectivity index (χ3n) is 6.82. The Morgan fingerprint density at radius 1 is 1.04 bits per heavy atom. The molecule has 4 saturated carbocycles. The Morgan fingerprint density at radius 3 is 2.00 bits per heavy atom. The minimum Gasteiger partial charge on any atom is -0.335 e. The zero-order valence-electron chi connectivity index (χ0n) is 14.9. The number of amides is 2. The van der Waals surface area contributed by atoms with Crippen molar-refractivity contribution in [2.45, 2.75) is 57.7 Å². The lowest BCUT2D eigenvalue weighted by atomic mass is 9.48. The van der Waals surface area contributed by atoms with Crippen LogP contribution >= 0.6 is 0 Å². The molecule has 3 nitrogen and oxygen atoms in total. The van der Waals surface area contributed by atoms with Crippen LogP contribution in [0.3, 0.4) is 0 Å². The molecular weight excluding hydrogens is 341 g/mol. The molecule has 0 aliphatic heterocycles. The summed E-state index contributed by atoms with van der Waals surface area (Å²) in [5.74, 6) is 2.43. The van der Waals surface area contributed by atoms with Gasteiger partial charge in [0.15, 0.2) is 0 Å². The van der Waals surface area contributed by atoms with Crippen molar-refractivity contribution in [3.05, 3.63) is 29.8 Å². The molecule has 0 spiro atoms. The van der Waals surface area contributed by atoms with E-state index in [0.717, 1.165) is 29.9 Å². The molecular formula is C20H25F3N2O. The number of alkyl halides is 3. The Morgan fingerprint density at radius 2 is 1.54 bits per heavy atom. The highest BCUT2D eigenvalue weighted by Crippen LogP contribution is 2.61. The van der Waals surface area contributed by atoms with Crippen LogP contribution in [-0.2, 0) is 6.18 Å². The van der Waals surface area contributed by atoms with E-state index in [4.69, 9.17) is 0 Å². The van der Waals surface area contributed by atoms with Gasteiger partial charge in [0.1, 0.15) is 0 Å². The number of carbonyl (C=O) groups excluding carboxylic acids is 1.